The molecule has 8 heteroatoms. The summed E-state index contributed by atoms with van der Waals surface area (Å²) in [6.07, 6.45) is 7.92. The summed E-state index contributed by atoms with van der Waals surface area (Å²) < 4.78 is 11.2. The fourth-order valence-electron chi connectivity index (χ4n) is 4.71. The van der Waals surface area contributed by atoms with E-state index >= 15 is 0 Å². The number of nitrogens with one attached hydrogen (secondary N) is 1. The molecule has 6 rings (SSSR count). The van der Waals surface area contributed by atoms with Crippen LogP contribution in [0.1, 0.15) is 35.1 Å². The number of H-pyrrole nitrogens is 1. The Morgan fingerprint density at radius 3 is 2.91 bits per heavy atom. The zero-order chi connectivity index (χ0) is 21.8. The molecule has 158 valence electrons. The smallest absolute Gasteiger partial charge is 0.142 e. The normalized spacial score (nSPS) is 15.4. The first kappa shape index (κ1) is 18.7. The molecular formula is C24H20N6O2. The average Bonchev–Trinajstić information content (AvgIpc) is 3.36. The van der Waals surface area contributed by atoms with Crippen LogP contribution in [0.25, 0.3) is 33.1 Å². The average molecular weight is 424 g/mol. The molecule has 32 heavy (non-hydrogen) atoms. The lowest BCUT2D eigenvalue weighted by Gasteiger charge is -2.20. The number of aromatic amines is 1. The number of pyridine rings is 1. The van der Waals surface area contributed by atoms with Gasteiger partial charge in [-0.25, -0.2) is 9.97 Å². The van der Waals surface area contributed by atoms with Crippen LogP contribution in [0.4, 0.5) is 5.69 Å². The lowest BCUT2D eigenvalue weighted by molar-refractivity contribution is 0.393. The van der Waals surface area contributed by atoms with Gasteiger partial charge in [0.05, 0.1) is 35.9 Å². The first-order valence-electron chi connectivity index (χ1n) is 10.4. The van der Waals surface area contributed by atoms with Gasteiger partial charge in [0.25, 0.3) is 0 Å². The summed E-state index contributed by atoms with van der Waals surface area (Å²) in [5.74, 6) is 1.57. The fourth-order valence-corrected chi connectivity index (χ4v) is 4.71. The molecule has 0 saturated carbocycles. The number of aliphatic imine (C=N–C) groups is 1. The van der Waals surface area contributed by atoms with Gasteiger partial charge in [-0.2, -0.15) is 0 Å². The third kappa shape index (κ3) is 2.65. The lowest BCUT2D eigenvalue weighted by atomic mass is 9.88. The van der Waals surface area contributed by atoms with Gasteiger partial charge in [-0.05, 0) is 44.0 Å². The number of ether oxygens (including phenoxy) is 1. The van der Waals surface area contributed by atoms with Crippen LogP contribution < -0.4 is 4.74 Å². The highest BCUT2D eigenvalue weighted by Crippen LogP contribution is 2.43. The molecule has 1 N–H and O–H groups in total. The number of hydrogen-bond donors (Lipinski definition) is 1. The van der Waals surface area contributed by atoms with Gasteiger partial charge in [-0.3, -0.25) is 9.98 Å². The van der Waals surface area contributed by atoms with Crippen molar-refractivity contribution in [1.82, 2.24) is 25.1 Å². The maximum absolute atomic E-state index is 5.79. The SMILES string of the molecule is COc1cc2c(cc1-c1c(C)noc1C)[nH]c1ncnc(C3CC=Nc4cnccc43)c12. The third-order valence-corrected chi connectivity index (χ3v) is 6.15. The minimum atomic E-state index is 0.0724. The van der Waals surface area contributed by atoms with Crippen molar-refractivity contribution in [1.29, 1.82) is 0 Å². The minimum Gasteiger partial charge on any atom is -0.496 e. The van der Waals surface area contributed by atoms with Gasteiger partial charge in [0.15, 0.2) is 0 Å². The Balaban J connectivity index is 1.62. The van der Waals surface area contributed by atoms with Crippen LogP contribution in [0.5, 0.6) is 5.75 Å². The van der Waals surface area contributed by atoms with Gasteiger partial charge in [0.2, 0.25) is 0 Å². The number of methoxy groups -OCH3 is 1. The van der Waals surface area contributed by atoms with Crippen molar-refractivity contribution in [2.45, 2.75) is 26.2 Å². The Labute approximate surface area is 183 Å². The molecule has 0 saturated heterocycles. The summed E-state index contributed by atoms with van der Waals surface area (Å²) in [4.78, 5) is 21.5. The third-order valence-electron chi connectivity index (χ3n) is 6.15. The van der Waals surface area contributed by atoms with Gasteiger partial charge < -0.3 is 14.2 Å². The highest BCUT2D eigenvalue weighted by molar-refractivity contribution is 6.09. The van der Waals surface area contributed by atoms with Crippen molar-refractivity contribution in [3.8, 4) is 16.9 Å². The van der Waals surface area contributed by atoms with Crippen LogP contribution in [0, 0.1) is 13.8 Å². The predicted molar refractivity (Wildman–Crippen MR) is 122 cm³/mol. The van der Waals surface area contributed by atoms with E-state index in [1.165, 1.54) is 0 Å². The highest BCUT2D eigenvalue weighted by atomic mass is 16.5. The molecule has 0 bridgehead atoms. The molecule has 0 fully saturated rings. The molecule has 1 aliphatic heterocycles. The number of hydrogen-bond acceptors (Lipinski definition) is 7. The number of nitrogens with zero attached hydrogens (tertiary/aromatic N) is 5. The molecule has 5 heterocycles. The molecule has 1 aromatic carbocycles. The van der Waals surface area contributed by atoms with E-state index in [0.29, 0.717) is 0 Å². The molecule has 0 radical (unpaired) electrons. The number of fused-ring (bicyclic) bond motifs is 4. The molecule has 0 aliphatic carbocycles. The summed E-state index contributed by atoms with van der Waals surface area (Å²) in [6.45, 7) is 3.84. The van der Waals surface area contributed by atoms with Gasteiger partial charge in [-0.1, -0.05) is 5.16 Å². The Bertz CT molecular complexity index is 1510. The van der Waals surface area contributed by atoms with Gasteiger partial charge in [0, 0.05) is 40.2 Å². The van der Waals surface area contributed by atoms with Crippen molar-refractivity contribution in [2.75, 3.05) is 7.11 Å². The van der Waals surface area contributed by atoms with E-state index in [4.69, 9.17) is 14.2 Å². The van der Waals surface area contributed by atoms with Crippen molar-refractivity contribution in [3.05, 3.63) is 59.6 Å². The van der Waals surface area contributed by atoms with Crippen molar-refractivity contribution >= 4 is 33.8 Å². The fraction of sp³-hybridized carbons (Fsp3) is 0.208. The maximum atomic E-state index is 5.79. The van der Waals surface area contributed by atoms with Crippen LogP contribution in [0.2, 0.25) is 0 Å². The van der Waals surface area contributed by atoms with E-state index in [2.05, 4.69) is 31.2 Å². The molecule has 0 spiro atoms. The van der Waals surface area contributed by atoms with E-state index in [1.54, 1.807) is 25.8 Å². The maximum Gasteiger partial charge on any atom is 0.142 e. The Morgan fingerprint density at radius 1 is 1.19 bits per heavy atom. The molecular weight excluding hydrogens is 404 g/mol. The molecule has 1 atom stereocenters. The van der Waals surface area contributed by atoms with Crippen LogP contribution >= 0.6 is 0 Å². The van der Waals surface area contributed by atoms with Crippen LogP contribution in [0.15, 0.2) is 46.4 Å². The van der Waals surface area contributed by atoms with E-state index in [1.807, 2.05) is 32.2 Å². The number of aromatic nitrogens is 5. The molecule has 4 aromatic heterocycles. The Kier molecular flexibility index (Phi) is 4.07. The van der Waals surface area contributed by atoms with Gasteiger partial charge in [-0.15, -0.1) is 0 Å². The predicted octanol–water partition coefficient (Wildman–Crippen LogP) is 5.02. The van der Waals surface area contributed by atoms with E-state index in [0.717, 1.165) is 73.6 Å². The molecule has 5 aromatic rings. The van der Waals surface area contributed by atoms with Crippen molar-refractivity contribution in [3.63, 3.8) is 0 Å². The Hall–Kier alpha value is -4.07. The monoisotopic (exact) mass is 424 g/mol. The summed E-state index contributed by atoms with van der Waals surface area (Å²) in [7, 11) is 1.68. The van der Waals surface area contributed by atoms with Gasteiger partial charge >= 0.3 is 0 Å². The molecule has 1 unspecified atom stereocenters. The quantitative estimate of drug-likeness (QED) is 0.436. The Morgan fingerprint density at radius 2 is 2.09 bits per heavy atom. The second-order valence-corrected chi connectivity index (χ2v) is 7.94. The minimum absolute atomic E-state index is 0.0724. The van der Waals surface area contributed by atoms with Crippen molar-refractivity contribution < 1.29 is 9.26 Å². The number of benzene rings is 1. The first-order chi connectivity index (χ1) is 15.7. The highest BCUT2D eigenvalue weighted by Gasteiger charge is 2.26. The van der Waals surface area contributed by atoms with Gasteiger partial charge in [0.1, 0.15) is 23.5 Å². The first-order valence-corrected chi connectivity index (χ1v) is 10.4. The van der Waals surface area contributed by atoms with Crippen molar-refractivity contribution in [2.24, 2.45) is 4.99 Å². The van der Waals surface area contributed by atoms with E-state index in [-0.39, 0.29) is 5.92 Å². The topological polar surface area (TPSA) is 102 Å². The van der Waals surface area contributed by atoms with Crippen LogP contribution in [0.3, 0.4) is 0 Å². The zero-order valence-electron chi connectivity index (χ0n) is 17.9. The van der Waals surface area contributed by atoms with E-state index in [9.17, 15) is 0 Å². The number of aryl methyl sites for hydroxylation is 2. The zero-order valence-corrected chi connectivity index (χ0v) is 17.9. The second-order valence-electron chi connectivity index (χ2n) is 7.94. The largest absolute Gasteiger partial charge is 0.496 e. The summed E-state index contributed by atoms with van der Waals surface area (Å²) in [5.41, 5.74) is 7.41. The summed E-state index contributed by atoms with van der Waals surface area (Å²) >= 11 is 0. The number of rotatable bonds is 3. The van der Waals surface area contributed by atoms with E-state index < -0.39 is 0 Å². The molecule has 8 nitrogen and oxygen atoms in total. The summed E-state index contributed by atoms with van der Waals surface area (Å²) in [5, 5.41) is 6.12. The lowest BCUT2D eigenvalue weighted by Crippen LogP contribution is -2.09. The van der Waals surface area contributed by atoms with Crippen LogP contribution in [-0.4, -0.2) is 38.4 Å². The molecule has 0 amide bonds. The summed E-state index contributed by atoms with van der Waals surface area (Å²) in [6, 6.07) is 6.15. The standard InChI is InChI=1S/C24H20N6O2/c1-12-21(13(2)32-30-12)17-8-18-16(9-20(17)31-3)22-23(27-11-28-24(22)29-18)15-5-7-26-19-10-25-6-4-14(15)19/h4,6-11,15H,5H2,1-3H3,(H,27,28,29). The molecule has 1 aliphatic rings. The second kappa shape index (κ2) is 6.98. The van der Waals surface area contributed by atoms with Crippen LogP contribution in [-0.2, 0) is 0 Å².